The second kappa shape index (κ2) is 5.82. The Labute approximate surface area is 128 Å². The first kappa shape index (κ1) is 14.2. The van der Waals surface area contributed by atoms with Gasteiger partial charge in [0.15, 0.2) is 0 Å². The number of hydrogen-bond donors (Lipinski definition) is 2. The Morgan fingerprint density at radius 2 is 1.79 bits per heavy atom. The number of nitrogens with two attached hydrogens (primary N) is 1. The molecule has 0 aromatic heterocycles. The molecule has 0 heterocycles. The van der Waals surface area contributed by atoms with Gasteiger partial charge in [-0.15, -0.1) is 0 Å². The average Bonchev–Trinajstić information content (AvgIpc) is 2.34. The van der Waals surface area contributed by atoms with Crippen molar-refractivity contribution < 1.29 is 4.74 Å². The van der Waals surface area contributed by atoms with Crippen molar-refractivity contribution in [3.63, 3.8) is 0 Å². The van der Waals surface area contributed by atoms with Gasteiger partial charge < -0.3 is 10.5 Å². The summed E-state index contributed by atoms with van der Waals surface area (Å²) >= 11 is 15.2. The lowest BCUT2D eigenvalue weighted by atomic mass is 10.2. The van der Waals surface area contributed by atoms with Crippen LogP contribution in [-0.2, 0) is 0 Å². The Morgan fingerprint density at radius 3 is 2.42 bits per heavy atom. The van der Waals surface area contributed by atoms with Crippen LogP contribution in [-0.4, -0.2) is 5.84 Å². The number of amidine groups is 1. The Morgan fingerprint density at radius 1 is 1.11 bits per heavy atom. The summed E-state index contributed by atoms with van der Waals surface area (Å²) in [5.41, 5.74) is 6.01. The molecule has 0 fully saturated rings. The molecule has 0 radical (unpaired) electrons. The van der Waals surface area contributed by atoms with E-state index >= 15 is 0 Å². The van der Waals surface area contributed by atoms with Crippen molar-refractivity contribution in [2.45, 2.75) is 0 Å². The van der Waals surface area contributed by atoms with Gasteiger partial charge in [0, 0.05) is 9.50 Å². The summed E-state index contributed by atoms with van der Waals surface area (Å²) in [6.45, 7) is 0. The third-order valence-electron chi connectivity index (χ3n) is 2.35. The lowest BCUT2D eigenvalue weighted by Gasteiger charge is -2.12. The molecule has 2 rings (SSSR count). The monoisotopic (exact) mass is 358 g/mol. The van der Waals surface area contributed by atoms with E-state index in [1.807, 2.05) is 0 Å². The quantitative estimate of drug-likeness (QED) is 0.608. The third-order valence-corrected chi connectivity index (χ3v) is 3.37. The molecule has 0 saturated heterocycles. The SMILES string of the molecule is N=C(N)c1cc(Br)ccc1Oc1ccc(Cl)cc1Cl. The third kappa shape index (κ3) is 3.41. The minimum absolute atomic E-state index is 0.0821. The first-order chi connectivity index (χ1) is 8.97. The zero-order valence-electron chi connectivity index (χ0n) is 9.58. The number of nitrogen functional groups attached to an aromatic ring is 1. The first-order valence-corrected chi connectivity index (χ1v) is 6.79. The normalized spacial score (nSPS) is 10.3. The number of halogens is 3. The molecule has 0 aliphatic heterocycles. The number of hydrogen-bond acceptors (Lipinski definition) is 2. The fourth-order valence-corrected chi connectivity index (χ4v) is 2.29. The van der Waals surface area contributed by atoms with Crippen LogP contribution in [0.15, 0.2) is 40.9 Å². The molecular weight excluding hydrogens is 351 g/mol. The van der Waals surface area contributed by atoms with E-state index in [0.29, 0.717) is 27.1 Å². The smallest absolute Gasteiger partial charge is 0.146 e. The molecule has 98 valence electrons. The molecule has 6 heteroatoms. The van der Waals surface area contributed by atoms with Crippen molar-refractivity contribution in [3.05, 3.63) is 56.5 Å². The van der Waals surface area contributed by atoms with Crippen LogP contribution in [0.4, 0.5) is 0 Å². The summed E-state index contributed by atoms with van der Waals surface area (Å²) in [5.74, 6) is 0.831. The predicted octanol–water partition coefficient (Wildman–Crippen LogP) is 4.83. The summed E-state index contributed by atoms with van der Waals surface area (Å²) in [6.07, 6.45) is 0. The summed E-state index contributed by atoms with van der Waals surface area (Å²) in [5, 5.41) is 8.47. The van der Waals surface area contributed by atoms with Crippen molar-refractivity contribution in [2.24, 2.45) is 5.73 Å². The van der Waals surface area contributed by atoms with Gasteiger partial charge in [-0.05, 0) is 36.4 Å². The summed E-state index contributed by atoms with van der Waals surface area (Å²) in [4.78, 5) is 0. The van der Waals surface area contributed by atoms with Crippen LogP contribution in [0.2, 0.25) is 10.0 Å². The topological polar surface area (TPSA) is 59.1 Å². The lowest BCUT2D eigenvalue weighted by molar-refractivity contribution is 0.481. The minimum atomic E-state index is -0.0821. The molecule has 3 nitrogen and oxygen atoms in total. The molecule has 0 aliphatic rings. The van der Waals surface area contributed by atoms with Crippen molar-refractivity contribution >= 4 is 45.0 Å². The molecule has 0 spiro atoms. The highest BCUT2D eigenvalue weighted by Crippen LogP contribution is 2.33. The molecule has 2 aromatic rings. The molecule has 0 atom stereocenters. The standard InChI is InChI=1S/C13H9BrCl2N2O/c14-7-1-3-11(9(5-7)13(17)18)19-12-4-2-8(15)6-10(12)16/h1-6H,(H3,17,18). The molecule has 0 amide bonds. The van der Waals surface area contributed by atoms with E-state index in [1.54, 1.807) is 36.4 Å². The van der Waals surface area contributed by atoms with E-state index in [4.69, 9.17) is 39.1 Å². The van der Waals surface area contributed by atoms with Gasteiger partial charge in [-0.1, -0.05) is 39.1 Å². The fraction of sp³-hybridized carbons (Fsp3) is 0. The summed E-state index contributed by atoms with van der Waals surface area (Å²) < 4.78 is 6.49. The Hall–Kier alpha value is -1.23. The van der Waals surface area contributed by atoms with Crippen molar-refractivity contribution in [1.29, 1.82) is 5.41 Å². The maximum absolute atomic E-state index is 7.55. The highest BCUT2D eigenvalue weighted by molar-refractivity contribution is 9.10. The fourth-order valence-electron chi connectivity index (χ4n) is 1.48. The Balaban J connectivity index is 2.40. The summed E-state index contributed by atoms with van der Waals surface area (Å²) in [7, 11) is 0. The van der Waals surface area contributed by atoms with Gasteiger partial charge in [0.05, 0.1) is 10.6 Å². The van der Waals surface area contributed by atoms with E-state index in [9.17, 15) is 0 Å². The highest BCUT2D eigenvalue weighted by Gasteiger charge is 2.10. The second-order valence-corrected chi connectivity index (χ2v) is 5.49. The van der Waals surface area contributed by atoms with Gasteiger partial charge in [-0.2, -0.15) is 0 Å². The molecule has 3 N–H and O–H groups in total. The number of ether oxygens (including phenoxy) is 1. The van der Waals surface area contributed by atoms with E-state index < -0.39 is 0 Å². The van der Waals surface area contributed by atoms with Crippen molar-refractivity contribution in [2.75, 3.05) is 0 Å². The highest BCUT2D eigenvalue weighted by atomic mass is 79.9. The van der Waals surface area contributed by atoms with Gasteiger partial charge in [0.2, 0.25) is 0 Å². The minimum Gasteiger partial charge on any atom is -0.455 e. The Kier molecular flexibility index (Phi) is 4.34. The predicted molar refractivity (Wildman–Crippen MR) is 81.7 cm³/mol. The summed E-state index contributed by atoms with van der Waals surface area (Å²) in [6, 6.07) is 10.1. The zero-order valence-corrected chi connectivity index (χ0v) is 12.7. The van der Waals surface area contributed by atoms with Crippen molar-refractivity contribution in [1.82, 2.24) is 0 Å². The van der Waals surface area contributed by atoms with E-state index in [-0.39, 0.29) is 5.84 Å². The number of benzene rings is 2. The second-order valence-electron chi connectivity index (χ2n) is 3.73. The number of rotatable bonds is 3. The van der Waals surface area contributed by atoms with Crippen LogP contribution in [0.25, 0.3) is 0 Å². The molecule has 0 aliphatic carbocycles. The first-order valence-electron chi connectivity index (χ1n) is 5.24. The molecule has 0 unspecified atom stereocenters. The van der Waals surface area contributed by atoms with Crippen LogP contribution in [0.3, 0.4) is 0 Å². The van der Waals surface area contributed by atoms with Gasteiger partial charge in [0.25, 0.3) is 0 Å². The molecule has 0 bridgehead atoms. The van der Waals surface area contributed by atoms with Gasteiger partial charge in [-0.3, -0.25) is 5.41 Å². The molecular formula is C13H9BrCl2N2O. The average molecular weight is 360 g/mol. The largest absolute Gasteiger partial charge is 0.455 e. The Bertz CT molecular complexity index is 647. The van der Waals surface area contributed by atoms with E-state index in [2.05, 4.69) is 15.9 Å². The van der Waals surface area contributed by atoms with E-state index in [0.717, 1.165) is 4.47 Å². The molecule has 2 aromatic carbocycles. The van der Waals surface area contributed by atoms with Crippen LogP contribution < -0.4 is 10.5 Å². The molecule has 19 heavy (non-hydrogen) atoms. The van der Waals surface area contributed by atoms with Gasteiger partial charge >= 0.3 is 0 Å². The molecule has 0 saturated carbocycles. The van der Waals surface area contributed by atoms with Crippen LogP contribution >= 0.6 is 39.1 Å². The van der Waals surface area contributed by atoms with Gasteiger partial charge in [-0.25, -0.2) is 0 Å². The van der Waals surface area contributed by atoms with Crippen LogP contribution in [0.1, 0.15) is 5.56 Å². The van der Waals surface area contributed by atoms with E-state index in [1.165, 1.54) is 0 Å². The lowest BCUT2D eigenvalue weighted by Crippen LogP contribution is -2.12. The maximum Gasteiger partial charge on any atom is 0.146 e. The van der Waals surface area contributed by atoms with Crippen molar-refractivity contribution in [3.8, 4) is 11.5 Å². The zero-order chi connectivity index (χ0) is 14.0. The number of nitrogens with one attached hydrogen (secondary N) is 1. The van der Waals surface area contributed by atoms with Crippen LogP contribution in [0.5, 0.6) is 11.5 Å². The maximum atomic E-state index is 7.55. The van der Waals surface area contributed by atoms with Gasteiger partial charge in [0.1, 0.15) is 17.3 Å². The van der Waals surface area contributed by atoms with Crippen LogP contribution in [0, 0.1) is 5.41 Å².